The fourth-order valence-corrected chi connectivity index (χ4v) is 3.29. The molecule has 0 bridgehead atoms. The molecule has 2 aromatic carbocycles. The summed E-state index contributed by atoms with van der Waals surface area (Å²) in [6.45, 7) is 5.37. The lowest BCUT2D eigenvalue weighted by Gasteiger charge is -2.11. The molecule has 0 aliphatic heterocycles. The largest absolute Gasteiger partial charge is 0.326 e. The summed E-state index contributed by atoms with van der Waals surface area (Å²) >= 11 is 1.31. The maximum absolute atomic E-state index is 12.3. The molecule has 1 heterocycles. The fourth-order valence-electron chi connectivity index (χ4n) is 2.56. The Hall–Kier alpha value is -3.13. The van der Waals surface area contributed by atoms with Gasteiger partial charge in [-0.2, -0.15) is 0 Å². The minimum atomic E-state index is -0.166. The van der Waals surface area contributed by atoms with Crippen molar-refractivity contribution >= 4 is 35.0 Å². The molecule has 0 saturated carbocycles. The summed E-state index contributed by atoms with van der Waals surface area (Å²) in [5.74, 6) is -0.132. The van der Waals surface area contributed by atoms with Gasteiger partial charge in [-0.3, -0.25) is 14.2 Å². The Morgan fingerprint density at radius 3 is 2.54 bits per heavy atom. The number of aromatic nitrogens is 3. The van der Waals surface area contributed by atoms with Crippen LogP contribution in [0.4, 0.5) is 11.4 Å². The molecule has 2 amide bonds. The van der Waals surface area contributed by atoms with Crippen LogP contribution < -0.4 is 10.6 Å². The van der Waals surface area contributed by atoms with Gasteiger partial charge in [-0.15, -0.1) is 10.2 Å². The van der Waals surface area contributed by atoms with E-state index < -0.39 is 0 Å². The van der Waals surface area contributed by atoms with Crippen LogP contribution >= 0.6 is 11.8 Å². The maximum Gasteiger partial charge on any atom is 0.234 e. The second-order valence-electron chi connectivity index (χ2n) is 6.37. The van der Waals surface area contributed by atoms with E-state index in [1.54, 1.807) is 18.5 Å². The number of nitrogens with zero attached hydrogens (tertiary/aromatic N) is 3. The molecule has 144 valence electrons. The number of nitrogens with one attached hydrogen (secondary N) is 2. The topological polar surface area (TPSA) is 88.9 Å². The van der Waals surface area contributed by atoms with E-state index >= 15 is 0 Å². The van der Waals surface area contributed by atoms with Gasteiger partial charge in [0.2, 0.25) is 11.8 Å². The number of carbonyl (C=O) groups is 2. The molecule has 3 aromatic rings. The van der Waals surface area contributed by atoms with E-state index in [0.29, 0.717) is 16.5 Å². The molecule has 7 nitrogen and oxygen atoms in total. The Bertz CT molecular complexity index is 998. The lowest BCUT2D eigenvalue weighted by Crippen LogP contribution is -2.15. The number of rotatable bonds is 6. The van der Waals surface area contributed by atoms with Crippen molar-refractivity contribution < 1.29 is 9.59 Å². The van der Waals surface area contributed by atoms with Gasteiger partial charge in [0.1, 0.15) is 6.33 Å². The monoisotopic (exact) mass is 395 g/mol. The standard InChI is InChI=1S/C20H21N5O2S/c1-13-4-8-17(9-5-13)25-12-21-24-20(25)28-11-19(27)23-16-7-6-14(2)18(10-16)22-15(3)26/h4-10,12H,11H2,1-3H3,(H,22,26)(H,23,27). The molecule has 0 atom stereocenters. The van der Waals surface area contributed by atoms with E-state index in [4.69, 9.17) is 0 Å². The van der Waals surface area contributed by atoms with Crippen molar-refractivity contribution in [2.24, 2.45) is 0 Å². The zero-order chi connectivity index (χ0) is 20.1. The molecule has 3 rings (SSSR count). The number of anilines is 2. The Balaban J connectivity index is 1.63. The summed E-state index contributed by atoms with van der Waals surface area (Å²) in [4.78, 5) is 23.6. The van der Waals surface area contributed by atoms with Gasteiger partial charge in [0.25, 0.3) is 0 Å². The highest BCUT2D eigenvalue weighted by Gasteiger charge is 2.11. The van der Waals surface area contributed by atoms with Gasteiger partial charge in [0.15, 0.2) is 5.16 Å². The lowest BCUT2D eigenvalue weighted by molar-refractivity contribution is -0.114. The van der Waals surface area contributed by atoms with Crippen LogP contribution in [0, 0.1) is 13.8 Å². The first-order valence-corrected chi connectivity index (χ1v) is 9.69. The Kier molecular flexibility index (Phi) is 6.10. The highest BCUT2D eigenvalue weighted by molar-refractivity contribution is 7.99. The van der Waals surface area contributed by atoms with Gasteiger partial charge >= 0.3 is 0 Å². The van der Waals surface area contributed by atoms with Gasteiger partial charge < -0.3 is 10.6 Å². The molecule has 0 radical (unpaired) electrons. The number of hydrogen-bond acceptors (Lipinski definition) is 5. The van der Waals surface area contributed by atoms with Crippen LogP contribution in [-0.2, 0) is 9.59 Å². The van der Waals surface area contributed by atoms with Gasteiger partial charge in [-0.1, -0.05) is 35.5 Å². The van der Waals surface area contributed by atoms with Crippen LogP contribution in [0.15, 0.2) is 53.9 Å². The summed E-state index contributed by atoms with van der Waals surface area (Å²) in [5.41, 5.74) is 4.34. The number of thioether (sulfide) groups is 1. The first-order valence-electron chi connectivity index (χ1n) is 8.70. The molecule has 28 heavy (non-hydrogen) atoms. The average molecular weight is 395 g/mol. The third-order valence-corrected chi connectivity index (χ3v) is 4.94. The average Bonchev–Trinajstić information content (AvgIpc) is 3.11. The van der Waals surface area contributed by atoms with Gasteiger partial charge in [-0.25, -0.2) is 0 Å². The third kappa shape index (κ3) is 4.98. The summed E-state index contributed by atoms with van der Waals surface area (Å²) in [6, 6.07) is 13.4. The number of carbonyl (C=O) groups excluding carboxylic acids is 2. The number of benzene rings is 2. The Labute approximate surface area is 167 Å². The summed E-state index contributed by atoms with van der Waals surface area (Å²) < 4.78 is 1.85. The third-order valence-electron chi connectivity index (χ3n) is 3.99. The molecule has 2 N–H and O–H groups in total. The van der Waals surface area contributed by atoms with Gasteiger partial charge in [0, 0.05) is 24.0 Å². The van der Waals surface area contributed by atoms with Crippen molar-refractivity contribution in [2.75, 3.05) is 16.4 Å². The molecule has 0 fully saturated rings. The molecule has 1 aromatic heterocycles. The van der Waals surface area contributed by atoms with Crippen LogP contribution in [-0.4, -0.2) is 32.3 Å². The van der Waals surface area contributed by atoms with E-state index in [0.717, 1.165) is 11.3 Å². The normalized spacial score (nSPS) is 10.5. The zero-order valence-electron chi connectivity index (χ0n) is 15.9. The molecule has 8 heteroatoms. The van der Waals surface area contributed by atoms with E-state index in [1.807, 2.05) is 48.7 Å². The lowest BCUT2D eigenvalue weighted by atomic mass is 10.2. The Morgan fingerprint density at radius 2 is 1.82 bits per heavy atom. The number of hydrogen-bond donors (Lipinski definition) is 2. The smallest absolute Gasteiger partial charge is 0.234 e. The van der Waals surface area contributed by atoms with Crippen LogP contribution in [0.1, 0.15) is 18.1 Å². The fraction of sp³-hybridized carbons (Fsp3) is 0.200. The second kappa shape index (κ2) is 8.71. The first kappa shape index (κ1) is 19.6. The van der Waals surface area contributed by atoms with Gasteiger partial charge in [-0.05, 0) is 43.7 Å². The summed E-state index contributed by atoms with van der Waals surface area (Å²) in [7, 11) is 0. The van der Waals surface area contributed by atoms with E-state index in [9.17, 15) is 9.59 Å². The van der Waals surface area contributed by atoms with Crippen LogP contribution in [0.2, 0.25) is 0 Å². The molecule has 0 aliphatic rings. The quantitative estimate of drug-likeness (QED) is 0.623. The van der Waals surface area contributed by atoms with E-state index in [2.05, 4.69) is 20.8 Å². The molecule has 0 saturated heterocycles. The zero-order valence-corrected chi connectivity index (χ0v) is 16.7. The highest BCUT2D eigenvalue weighted by Crippen LogP contribution is 2.22. The summed E-state index contributed by atoms with van der Waals surface area (Å²) in [6.07, 6.45) is 1.63. The van der Waals surface area contributed by atoms with E-state index in [1.165, 1.54) is 24.2 Å². The highest BCUT2D eigenvalue weighted by atomic mass is 32.2. The van der Waals surface area contributed by atoms with Crippen LogP contribution in [0.3, 0.4) is 0 Å². The predicted octanol–water partition coefficient (Wildman–Crippen LogP) is 3.57. The Morgan fingerprint density at radius 1 is 1.07 bits per heavy atom. The minimum Gasteiger partial charge on any atom is -0.326 e. The van der Waals surface area contributed by atoms with Crippen molar-refractivity contribution in [2.45, 2.75) is 25.9 Å². The molecular formula is C20H21N5O2S. The van der Waals surface area contributed by atoms with Crippen molar-refractivity contribution in [3.8, 4) is 5.69 Å². The van der Waals surface area contributed by atoms with Gasteiger partial charge in [0.05, 0.1) is 5.75 Å². The van der Waals surface area contributed by atoms with Crippen LogP contribution in [0.25, 0.3) is 5.69 Å². The molecule has 0 spiro atoms. The summed E-state index contributed by atoms with van der Waals surface area (Å²) in [5, 5.41) is 14.3. The predicted molar refractivity (Wildman–Crippen MR) is 111 cm³/mol. The maximum atomic E-state index is 12.3. The number of amides is 2. The van der Waals surface area contributed by atoms with Crippen molar-refractivity contribution in [3.63, 3.8) is 0 Å². The molecular weight excluding hydrogens is 374 g/mol. The molecule has 0 aliphatic carbocycles. The first-order chi connectivity index (χ1) is 13.4. The van der Waals surface area contributed by atoms with Crippen molar-refractivity contribution in [1.29, 1.82) is 0 Å². The molecule has 0 unspecified atom stereocenters. The van der Waals surface area contributed by atoms with Crippen molar-refractivity contribution in [3.05, 3.63) is 59.9 Å². The number of aryl methyl sites for hydroxylation is 2. The van der Waals surface area contributed by atoms with E-state index in [-0.39, 0.29) is 17.6 Å². The van der Waals surface area contributed by atoms with Crippen LogP contribution in [0.5, 0.6) is 0 Å². The van der Waals surface area contributed by atoms with Crippen molar-refractivity contribution in [1.82, 2.24) is 14.8 Å². The SMILES string of the molecule is CC(=O)Nc1cc(NC(=O)CSc2nncn2-c2ccc(C)cc2)ccc1C. The second-order valence-corrected chi connectivity index (χ2v) is 7.31. The minimum absolute atomic E-state index is 0.155.